The van der Waals surface area contributed by atoms with Crippen molar-refractivity contribution in [3.05, 3.63) is 34.0 Å². The smallest absolute Gasteiger partial charge is 0.208 e. The molecule has 2 aromatic rings. The first-order valence-electron chi connectivity index (χ1n) is 11.6. The molecule has 3 N–H and O–H groups in total. The summed E-state index contributed by atoms with van der Waals surface area (Å²) in [5.41, 5.74) is 0. The maximum absolute atomic E-state index is 4.86. The first-order valence-corrected chi connectivity index (χ1v) is 13.2. The summed E-state index contributed by atoms with van der Waals surface area (Å²) < 4.78 is 0. The zero-order chi connectivity index (χ0) is 25.1. The lowest BCUT2D eigenvalue weighted by atomic mass is 10.3. The second-order valence-corrected chi connectivity index (χ2v) is 11.4. The number of guanidine groups is 4. The van der Waals surface area contributed by atoms with Gasteiger partial charge in [-0.3, -0.25) is 10.6 Å². The third-order valence-corrected chi connectivity index (χ3v) is 7.25. The SMILES string of the molecule is Cc1ccc(NC2=NC(CCN(C3=NC(C)N=C(N(C)C)N3)c3ccc(C)s3)N=C(N(C)C)N2)s1. The van der Waals surface area contributed by atoms with Gasteiger partial charge in [-0.15, -0.1) is 22.7 Å². The molecule has 0 saturated heterocycles. The van der Waals surface area contributed by atoms with E-state index in [0.29, 0.717) is 18.9 Å². The minimum absolute atomic E-state index is 0.160. The molecule has 0 amide bonds. The maximum Gasteiger partial charge on any atom is 0.208 e. The van der Waals surface area contributed by atoms with Crippen LogP contribution in [0.15, 0.2) is 44.2 Å². The fourth-order valence-corrected chi connectivity index (χ4v) is 5.23. The topological polar surface area (TPSA) is 95.2 Å². The second-order valence-electron chi connectivity index (χ2n) is 8.85. The number of aryl methyl sites for hydroxylation is 2. The second kappa shape index (κ2) is 10.6. The van der Waals surface area contributed by atoms with E-state index >= 15 is 0 Å². The normalized spacial score (nSPS) is 19.5. The number of aliphatic imine (C=N–C) groups is 4. The van der Waals surface area contributed by atoms with E-state index in [0.717, 1.165) is 27.9 Å². The van der Waals surface area contributed by atoms with Crippen molar-refractivity contribution in [3.8, 4) is 0 Å². The van der Waals surface area contributed by atoms with Crippen LogP contribution in [0.4, 0.5) is 10.0 Å². The summed E-state index contributed by atoms with van der Waals surface area (Å²) in [6, 6.07) is 8.44. The van der Waals surface area contributed by atoms with Gasteiger partial charge in [0.25, 0.3) is 0 Å². The van der Waals surface area contributed by atoms with Crippen LogP contribution in [0.5, 0.6) is 0 Å². The van der Waals surface area contributed by atoms with Crippen molar-refractivity contribution in [3.63, 3.8) is 0 Å². The van der Waals surface area contributed by atoms with Crippen molar-refractivity contribution in [2.45, 2.75) is 39.5 Å². The zero-order valence-electron chi connectivity index (χ0n) is 21.3. The van der Waals surface area contributed by atoms with E-state index in [-0.39, 0.29) is 12.3 Å². The highest BCUT2D eigenvalue weighted by atomic mass is 32.1. The van der Waals surface area contributed by atoms with Gasteiger partial charge in [0, 0.05) is 50.9 Å². The van der Waals surface area contributed by atoms with Crippen LogP contribution in [-0.2, 0) is 0 Å². The van der Waals surface area contributed by atoms with Crippen molar-refractivity contribution in [1.82, 2.24) is 20.4 Å². The minimum atomic E-state index is -0.232. The van der Waals surface area contributed by atoms with Crippen LogP contribution in [0.1, 0.15) is 23.1 Å². The number of anilines is 2. The molecule has 188 valence electrons. The lowest BCUT2D eigenvalue weighted by Crippen LogP contribution is -2.52. The molecule has 10 nitrogen and oxygen atoms in total. The molecular weight excluding hydrogens is 480 g/mol. The first-order chi connectivity index (χ1) is 16.7. The standard InChI is InChI=1S/C23H34N10S2/c1-14-8-10-18(34-14)28-20-26-17(27-22(29-20)32(6)7)12-13-33(19-11-9-15(2)35-19)23-25-16(3)24-21(30-23)31(4)5/h8-11,16-17H,12-13H2,1-7H3,(H,24,25,30)(H2,26,27,28,29). The number of hydrogen-bond donors (Lipinski definition) is 3. The van der Waals surface area contributed by atoms with Crippen LogP contribution in [0.3, 0.4) is 0 Å². The molecule has 12 heteroatoms. The van der Waals surface area contributed by atoms with Crippen LogP contribution in [-0.4, -0.2) is 80.7 Å². The monoisotopic (exact) mass is 514 g/mol. The van der Waals surface area contributed by atoms with Gasteiger partial charge in [0.05, 0.1) is 10.0 Å². The zero-order valence-corrected chi connectivity index (χ0v) is 23.0. The Morgan fingerprint density at radius 3 is 2.11 bits per heavy atom. The van der Waals surface area contributed by atoms with E-state index in [1.807, 2.05) is 44.9 Å². The molecule has 2 unspecified atom stereocenters. The lowest BCUT2D eigenvalue weighted by Gasteiger charge is -2.32. The fourth-order valence-electron chi connectivity index (χ4n) is 3.57. The molecule has 2 aromatic heterocycles. The molecule has 2 atom stereocenters. The summed E-state index contributed by atoms with van der Waals surface area (Å²) >= 11 is 3.45. The highest BCUT2D eigenvalue weighted by Gasteiger charge is 2.25. The van der Waals surface area contributed by atoms with E-state index < -0.39 is 0 Å². The summed E-state index contributed by atoms with van der Waals surface area (Å²) in [6.07, 6.45) is 0.325. The number of thiophene rings is 2. The number of nitrogens with one attached hydrogen (secondary N) is 3. The fraction of sp³-hybridized carbons (Fsp3) is 0.478. The number of nitrogens with zero attached hydrogens (tertiary/aromatic N) is 7. The van der Waals surface area contributed by atoms with Crippen molar-refractivity contribution in [1.29, 1.82) is 0 Å². The molecule has 0 bridgehead atoms. The van der Waals surface area contributed by atoms with E-state index in [2.05, 4.69) is 64.0 Å². The Balaban J connectivity index is 1.55. The molecule has 2 aliphatic rings. The predicted molar refractivity (Wildman–Crippen MR) is 150 cm³/mol. The Labute approximate surface area is 215 Å². The Kier molecular flexibility index (Phi) is 7.60. The number of rotatable bonds is 5. The Bertz CT molecular complexity index is 1160. The Hall–Kier alpha value is -3.12. The van der Waals surface area contributed by atoms with Crippen molar-refractivity contribution < 1.29 is 0 Å². The van der Waals surface area contributed by atoms with Crippen molar-refractivity contribution in [2.75, 3.05) is 45.0 Å². The van der Waals surface area contributed by atoms with Gasteiger partial charge in [0.2, 0.25) is 23.8 Å². The molecule has 0 spiro atoms. The molecule has 0 aliphatic carbocycles. The molecule has 4 rings (SSSR count). The molecule has 0 fully saturated rings. The summed E-state index contributed by atoms with van der Waals surface area (Å²) in [5.74, 6) is 3.08. The van der Waals surface area contributed by atoms with Gasteiger partial charge in [-0.25, -0.2) is 20.0 Å². The van der Waals surface area contributed by atoms with Crippen LogP contribution < -0.4 is 20.9 Å². The molecule has 4 heterocycles. The van der Waals surface area contributed by atoms with E-state index in [1.165, 1.54) is 9.75 Å². The summed E-state index contributed by atoms with van der Waals surface area (Å²) in [4.78, 5) is 27.8. The molecular formula is C23H34N10S2. The number of hydrogen-bond acceptors (Lipinski definition) is 12. The van der Waals surface area contributed by atoms with Gasteiger partial charge in [-0.1, -0.05) is 0 Å². The van der Waals surface area contributed by atoms with Crippen molar-refractivity contribution >= 4 is 56.5 Å². The average Bonchev–Trinajstić information content (AvgIpc) is 3.41. The summed E-state index contributed by atoms with van der Waals surface area (Å²) in [5, 5.41) is 12.3. The van der Waals surface area contributed by atoms with E-state index in [1.54, 1.807) is 22.7 Å². The minimum Gasteiger partial charge on any atom is -0.349 e. The van der Waals surface area contributed by atoms with Gasteiger partial charge >= 0.3 is 0 Å². The van der Waals surface area contributed by atoms with Crippen LogP contribution >= 0.6 is 22.7 Å². The molecule has 0 saturated carbocycles. The summed E-state index contributed by atoms with van der Waals surface area (Å²) in [6.45, 7) is 6.91. The van der Waals surface area contributed by atoms with Gasteiger partial charge < -0.3 is 20.0 Å². The van der Waals surface area contributed by atoms with Gasteiger partial charge in [0.1, 0.15) is 12.3 Å². The van der Waals surface area contributed by atoms with Crippen LogP contribution in [0.2, 0.25) is 0 Å². The third-order valence-electron chi connectivity index (χ3n) is 5.31. The lowest BCUT2D eigenvalue weighted by molar-refractivity contribution is 0.559. The Morgan fingerprint density at radius 2 is 1.49 bits per heavy atom. The molecule has 0 aromatic carbocycles. The van der Waals surface area contributed by atoms with Gasteiger partial charge in [-0.2, -0.15) is 0 Å². The van der Waals surface area contributed by atoms with E-state index in [4.69, 9.17) is 15.0 Å². The highest BCUT2D eigenvalue weighted by molar-refractivity contribution is 7.16. The van der Waals surface area contributed by atoms with Gasteiger partial charge in [0.15, 0.2) is 0 Å². The molecule has 0 radical (unpaired) electrons. The quantitative estimate of drug-likeness (QED) is 0.567. The molecule has 35 heavy (non-hydrogen) atoms. The largest absolute Gasteiger partial charge is 0.349 e. The highest BCUT2D eigenvalue weighted by Crippen LogP contribution is 2.27. The van der Waals surface area contributed by atoms with Crippen LogP contribution in [0.25, 0.3) is 0 Å². The maximum atomic E-state index is 4.86. The third kappa shape index (κ3) is 6.31. The van der Waals surface area contributed by atoms with E-state index in [9.17, 15) is 0 Å². The van der Waals surface area contributed by atoms with Crippen molar-refractivity contribution in [2.24, 2.45) is 20.0 Å². The molecule has 2 aliphatic heterocycles. The van der Waals surface area contributed by atoms with Crippen LogP contribution in [0, 0.1) is 13.8 Å². The summed E-state index contributed by atoms with van der Waals surface area (Å²) in [7, 11) is 7.91. The predicted octanol–water partition coefficient (Wildman–Crippen LogP) is 3.16. The Morgan fingerprint density at radius 1 is 0.829 bits per heavy atom. The van der Waals surface area contributed by atoms with Gasteiger partial charge in [-0.05, 0) is 45.0 Å². The average molecular weight is 515 g/mol. The first kappa shape index (κ1) is 25.0.